The van der Waals surface area contributed by atoms with Gasteiger partial charge in [0.05, 0.1) is 23.0 Å². The highest BCUT2D eigenvalue weighted by molar-refractivity contribution is 7.89. The van der Waals surface area contributed by atoms with Crippen molar-refractivity contribution in [3.8, 4) is 0 Å². The van der Waals surface area contributed by atoms with Gasteiger partial charge in [0.15, 0.2) is 0 Å². The molecule has 7 nitrogen and oxygen atoms in total. The van der Waals surface area contributed by atoms with Gasteiger partial charge in [-0.25, -0.2) is 21.6 Å². The van der Waals surface area contributed by atoms with Crippen molar-refractivity contribution in [1.82, 2.24) is 9.03 Å². The molecule has 1 unspecified atom stereocenters. The van der Waals surface area contributed by atoms with Crippen molar-refractivity contribution >= 4 is 20.0 Å². The third-order valence-electron chi connectivity index (χ3n) is 5.58. The molecule has 0 bridgehead atoms. The normalized spacial score (nSPS) is 28.1. The van der Waals surface area contributed by atoms with Crippen LogP contribution in [0.25, 0.3) is 0 Å². The van der Waals surface area contributed by atoms with Gasteiger partial charge >= 0.3 is 0 Å². The van der Waals surface area contributed by atoms with Crippen LogP contribution < -0.4 is 4.72 Å². The van der Waals surface area contributed by atoms with E-state index in [1.54, 1.807) is 0 Å². The quantitative estimate of drug-likeness (QED) is 0.790. The molecule has 1 saturated carbocycles. The minimum Gasteiger partial charge on any atom is -0.379 e. The van der Waals surface area contributed by atoms with Gasteiger partial charge in [-0.3, -0.25) is 0 Å². The lowest BCUT2D eigenvalue weighted by molar-refractivity contribution is 0.0730. The highest BCUT2D eigenvalue weighted by Gasteiger charge is 2.32. The fourth-order valence-electron chi connectivity index (χ4n) is 3.89. The van der Waals surface area contributed by atoms with E-state index in [9.17, 15) is 16.8 Å². The van der Waals surface area contributed by atoms with Gasteiger partial charge < -0.3 is 4.74 Å². The lowest BCUT2D eigenvalue weighted by Crippen LogP contribution is -2.45. The Morgan fingerprint density at radius 2 is 1.44 bits per heavy atom. The lowest BCUT2D eigenvalue weighted by atomic mass is 9.79. The van der Waals surface area contributed by atoms with Crippen molar-refractivity contribution in [1.29, 1.82) is 0 Å². The summed E-state index contributed by atoms with van der Waals surface area (Å²) >= 11 is 0. The molecule has 2 fully saturated rings. The topological polar surface area (TPSA) is 92.8 Å². The van der Waals surface area contributed by atoms with Crippen LogP contribution in [0.4, 0.5) is 0 Å². The SMILES string of the molecule is C[C@@H]1CCC[C@H](C)C1NS(=O)(=O)c1ccc(S(=O)(=O)N2CCOCC2)cc1. The van der Waals surface area contributed by atoms with Crippen LogP contribution in [0, 0.1) is 11.8 Å². The van der Waals surface area contributed by atoms with E-state index < -0.39 is 20.0 Å². The summed E-state index contributed by atoms with van der Waals surface area (Å²) in [6.07, 6.45) is 3.14. The van der Waals surface area contributed by atoms with E-state index in [1.807, 2.05) is 0 Å². The van der Waals surface area contributed by atoms with Crippen LogP contribution in [0.1, 0.15) is 33.1 Å². The Morgan fingerprint density at radius 1 is 0.926 bits per heavy atom. The van der Waals surface area contributed by atoms with E-state index in [1.165, 1.54) is 28.6 Å². The van der Waals surface area contributed by atoms with Crippen LogP contribution in [0.15, 0.2) is 34.1 Å². The molecular formula is C18H28N2O5S2. The highest BCUT2D eigenvalue weighted by Crippen LogP contribution is 2.30. The summed E-state index contributed by atoms with van der Waals surface area (Å²) in [6, 6.07) is 5.38. The molecule has 1 saturated heterocycles. The van der Waals surface area contributed by atoms with Crippen LogP contribution >= 0.6 is 0 Å². The molecule has 3 rings (SSSR count). The number of rotatable bonds is 5. The number of sulfonamides is 2. The van der Waals surface area contributed by atoms with Crippen LogP contribution in [0.5, 0.6) is 0 Å². The molecule has 27 heavy (non-hydrogen) atoms. The smallest absolute Gasteiger partial charge is 0.243 e. The van der Waals surface area contributed by atoms with Crippen LogP contribution in [0.3, 0.4) is 0 Å². The molecule has 152 valence electrons. The number of nitrogens with one attached hydrogen (secondary N) is 1. The number of hydrogen-bond donors (Lipinski definition) is 1. The zero-order chi connectivity index (χ0) is 19.7. The van der Waals surface area contributed by atoms with Crippen molar-refractivity contribution in [3.05, 3.63) is 24.3 Å². The summed E-state index contributed by atoms with van der Waals surface area (Å²) < 4.78 is 60.2. The van der Waals surface area contributed by atoms with Crippen molar-refractivity contribution in [3.63, 3.8) is 0 Å². The predicted octanol–water partition coefficient (Wildman–Crippen LogP) is 1.81. The lowest BCUT2D eigenvalue weighted by Gasteiger charge is -2.34. The zero-order valence-electron chi connectivity index (χ0n) is 15.8. The summed E-state index contributed by atoms with van der Waals surface area (Å²) in [6.45, 7) is 5.49. The van der Waals surface area contributed by atoms with Crippen molar-refractivity contribution in [2.24, 2.45) is 11.8 Å². The van der Waals surface area contributed by atoms with Gasteiger partial charge in [0, 0.05) is 19.1 Å². The average Bonchev–Trinajstić information content (AvgIpc) is 2.66. The van der Waals surface area contributed by atoms with E-state index in [4.69, 9.17) is 4.74 Å². The molecule has 2 aliphatic rings. The number of nitrogens with zero attached hydrogens (tertiary/aromatic N) is 1. The van der Waals surface area contributed by atoms with Gasteiger partial charge in [-0.1, -0.05) is 20.3 Å². The maximum atomic E-state index is 12.8. The first-order chi connectivity index (χ1) is 12.7. The summed E-state index contributed by atoms with van der Waals surface area (Å²) in [5, 5.41) is 0. The fourth-order valence-corrected chi connectivity index (χ4v) is 6.75. The van der Waals surface area contributed by atoms with Crippen molar-refractivity contribution in [2.45, 2.75) is 48.9 Å². The molecule has 9 heteroatoms. The van der Waals surface area contributed by atoms with Gasteiger partial charge in [0.1, 0.15) is 0 Å². The van der Waals surface area contributed by atoms with E-state index in [-0.39, 0.29) is 27.7 Å². The van der Waals surface area contributed by atoms with Gasteiger partial charge in [-0.2, -0.15) is 4.31 Å². The predicted molar refractivity (Wildman–Crippen MR) is 102 cm³/mol. The molecule has 0 radical (unpaired) electrons. The average molecular weight is 417 g/mol. The Balaban J connectivity index is 1.77. The molecule has 0 aromatic heterocycles. The Bertz CT molecular complexity index is 836. The summed E-state index contributed by atoms with van der Waals surface area (Å²) in [5.74, 6) is 0.564. The third-order valence-corrected chi connectivity index (χ3v) is 8.97. The van der Waals surface area contributed by atoms with Gasteiger partial charge in [0.25, 0.3) is 0 Å². The van der Waals surface area contributed by atoms with E-state index >= 15 is 0 Å². The molecule has 1 aromatic rings. The summed E-state index contributed by atoms with van der Waals surface area (Å²) in [7, 11) is -7.32. The molecule has 3 atom stereocenters. The van der Waals surface area contributed by atoms with Crippen LogP contribution in [0.2, 0.25) is 0 Å². The molecular weight excluding hydrogens is 388 g/mol. The first-order valence-electron chi connectivity index (χ1n) is 9.42. The number of morpholine rings is 1. The third kappa shape index (κ3) is 4.54. The van der Waals surface area contributed by atoms with E-state index in [0.29, 0.717) is 26.3 Å². The van der Waals surface area contributed by atoms with E-state index in [0.717, 1.165) is 19.3 Å². The molecule has 1 N–H and O–H groups in total. The Morgan fingerprint density at radius 3 is 2.00 bits per heavy atom. The van der Waals surface area contributed by atoms with E-state index in [2.05, 4.69) is 18.6 Å². The standard InChI is InChI=1S/C18H28N2O5S2/c1-14-4-3-5-15(2)18(14)19-26(21,22)16-6-8-17(9-7-16)27(23,24)20-10-12-25-13-11-20/h6-9,14-15,18-19H,3-5,10-13H2,1-2H3/t14-,15+,18?. The minimum absolute atomic E-state index is 0.0911. The second-order valence-electron chi connectivity index (χ2n) is 7.52. The Hall–Kier alpha value is -1.00. The largest absolute Gasteiger partial charge is 0.379 e. The van der Waals surface area contributed by atoms with Crippen molar-refractivity contribution < 1.29 is 21.6 Å². The Kier molecular flexibility index (Phi) is 6.27. The monoisotopic (exact) mass is 416 g/mol. The minimum atomic E-state index is -3.69. The first kappa shape index (κ1) is 20.7. The molecule has 0 amide bonds. The molecule has 1 aromatic carbocycles. The highest BCUT2D eigenvalue weighted by atomic mass is 32.2. The summed E-state index contributed by atoms with van der Waals surface area (Å²) in [5.41, 5.74) is 0. The van der Waals surface area contributed by atoms with Crippen molar-refractivity contribution in [2.75, 3.05) is 26.3 Å². The van der Waals surface area contributed by atoms with Gasteiger partial charge in [-0.15, -0.1) is 0 Å². The maximum Gasteiger partial charge on any atom is 0.243 e. The number of hydrogen-bond acceptors (Lipinski definition) is 5. The Labute approximate surface area is 162 Å². The number of ether oxygens (including phenoxy) is 1. The number of benzene rings is 1. The zero-order valence-corrected chi connectivity index (χ0v) is 17.4. The molecule has 1 heterocycles. The molecule has 0 spiro atoms. The molecule has 1 aliphatic carbocycles. The second kappa shape index (κ2) is 8.16. The summed E-state index contributed by atoms with van der Waals surface area (Å²) in [4.78, 5) is 0.191. The van der Waals surface area contributed by atoms with Gasteiger partial charge in [-0.05, 0) is 48.9 Å². The fraction of sp³-hybridized carbons (Fsp3) is 0.667. The van der Waals surface area contributed by atoms with Crippen LogP contribution in [-0.2, 0) is 24.8 Å². The van der Waals surface area contributed by atoms with Crippen LogP contribution in [-0.4, -0.2) is 53.5 Å². The first-order valence-corrected chi connectivity index (χ1v) is 12.3. The van der Waals surface area contributed by atoms with Gasteiger partial charge in [0.2, 0.25) is 20.0 Å². The second-order valence-corrected chi connectivity index (χ2v) is 11.2. The molecule has 1 aliphatic heterocycles. The maximum absolute atomic E-state index is 12.8.